The van der Waals surface area contributed by atoms with Gasteiger partial charge in [0.1, 0.15) is 0 Å². The molecule has 0 aromatic heterocycles. The Morgan fingerprint density at radius 3 is 2.55 bits per heavy atom. The van der Waals surface area contributed by atoms with Gasteiger partial charge in [0.15, 0.2) is 0 Å². The number of amides is 1. The Morgan fingerprint density at radius 2 is 1.90 bits per heavy atom. The molecule has 3 aliphatic carbocycles. The molecule has 20 heavy (non-hydrogen) atoms. The summed E-state index contributed by atoms with van der Waals surface area (Å²) in [5.74, 6) is 3.83. The third kappa shape index (κ3) is 1.68. The number of nitrogen functional groups attached to an aromatic ring is 1. The Labute approximate surface area is 120 Å². The summed E-state index contributed by atoms with van der Waals surface area (Å²) in [5.41, 5.74) is 7.80. The van der Waals surface area contributed by atoms with Gasteiger partial charge in [0.05, 0.1) is 0 Å². The van der Waals surface area contributed by atoms with Crippen molar-refractivity contribution in [3.05, 3.63) is 29.8 Å². The van der Waals surface area contributed by atoms with E-state index in [0.29, 0.717) is 18.4 Å². The van der Waals surface area contributed by atoms with E-state index in [4.69, 9.17) is 5.73 Å². The first kappa shape index (κ1) is 12.2. The Morgan fingerprint density at radius 1 is 1.25 bits per heavy atom. The van der Waals surface area contributed by atoms with Crippen molar-refractivity contribution in [2.45, 2.75) is 25.8 Å². The van der Waals surface area contributed by atoms with Crippen molar-refractivity contribution in [2.24, 2.45) is 29.6 Å². The number of rotatable bonds is 3. The summed E-state index contributed by atoms with van der Waals surface area (Å²) in [6.07, 6.45) is 4.13. The monoisotopic (exact) mass is 270 g/mol. The van der Waals surface area contributed by atoms with Gasteiger partial charge in [-0.2, -0.15) is 0 Å². The van der Waals surface area contributed by atoms with Crippen molar-refractivity contribution >= 4 is 11.6 Å². The molecule has 1 aromatic rings. The molecular formula is C17H22N2O. The van der Waals surface area contributed by atoms with Crippen LogP contribution < -0.4 is 5.73 Å². The number of hydrogen-bond donors (Lipinski definition) is 1. The van der Waals surface area contributed by atoms with Crippen LogP contribution in [0, 0.1) is 29.6 Å². The Hall–Kier alpha value is -1.51. The average molecular weight is 270 g/mol. The van der Waals surface area contributed by atoms with Crippen LogP contribution in [0.2, 0.25) is 0 Å². The summed E-state index contributed by atoms with van der Waals surface area (Å²) in [6.45, 7) is 0.636. The molecule has 2 N–H and O–H groups in total. The largest absolute Gasteiger partial charge is 0.398 e. The molecule has 0 radical (unpaired) electrons. The maximum absolute atomic E-state index is 12.6. The van der Waals surface area contributed by atoms with Crippen LogP contribution in [-0.2, 0) is 11.3 Å². The van der Waals surface area contributed by atoms with Crippen LogP contribution in [0.5, 0.6) is 0 Å². The van der Waals surface area contributed by atoms with Crippen LogP contribution in [0.15, 0.2) is 24.3 Å². The third-order valence-corrected chi connectivity index (χ3v) is 5.86. The van der Waals surface area contributed by atoms with Crippen LogP contribution in [-0.4, -0.2) is 17.9 Å². The summed E-state index contributed by atoms with van der Waals surface area (Å²) in [7, 11) is 1.92. The van der Waals surface area contributed by atoms with Gasteiger partial charge in [0.2, 0.25) is 5.91 Å². The summed E-state index contributed by atoms with van der Waals surface area (Å²) in [5, 5.41) is 0. The normalized spacial score (nSPS) is 36.8. The second-order valence-corrected chi connectivity index (χ2v) is 6.91. The van der Waals surface area contributed by atoms with Gasteiger partial charge >= 0.3 is 0 Å². The fraction of sp³-hybridized carbons (Fsp3) is 0.588. The van der Waals surface area contributed by atoms with Gasteiger partial charge in [-0.05, 0) is 54.6 Å². The number of nitrogens with two attached hydrogens (primary N) is 1. The van der Waals surface area contributed by atoms with Crippen molar-refractivity contribution < 1.29 is 4.79 Å². The first-order valence-electron chi connectivity index (χ1n) is 7.75. The van der Waals surface area contributed by atoms with Gasteiger partial charge in [-0.25, -0.2) is 0 Å². The predicted octanol–water partition coefficient (Wildman–Crippen LogP) is 2.52. The molecule has 3 heteroatoms. The molecule has 3 saturated carbocycles. The number of carbonyl (C=O) groups is 1. The predicted molar refractivity (Wildman–Crippen MR) is 78.6 cm³/mol. The van der Waals surface area contributed by atoms with Crippen LogP contribution >= 0.6 is 0 Å². The lowest BCUT2D eigenvalue weighted by Crippen LogP contribution is -2.30. The minimum atomic E-state index is 0.330. The lowest BCUT2D eigenvalue weighted by Gasteiger charge is -2.20. The summed E-state index contributed by atoms with van der Waals surface area (Å²) >= 11 is 0. The van der Waals surface area contributed by atoms with Crippen molar-refractivity contribution in [3.8, 4) is 0 Å². The maximum atomic E-state index is 12.6. The zero-order valence-corrected chi connectivity index (χ0v) is 12.0. The summed E-state index contributed by atoms with van der Waals surface area (Å²) < 4.78 is 0. The molecule has 4 atom stereocenters. The molecule has 4 unspecified atom stereocenters. The second-order valence-electron chi connectivity index (χ2n) is 6.91. The molecule has 0 heterocycles. The Balaban J connectivity index is 1.44. The standard InChI is InChI=1S/C17H22N2O/c1-19(9-12-4-2-3-5-13(12)18)17(20)16-14-10-6-7-11(8-10)15(14)16/h2-5,10-11,14-16H,6-9,18H2,1H3. The highest BCUT2D eigenvalue weighted by Gasteiger charge is 2.67. The number of hydrogen-bond acceptors (Lipinski definition) is 2. The van der Waals surface area contributed by atoms with Crippen molar-refractivity contribution in [1.82, 2.24) is 4.90 Å². The molecule has 1 amide bonds. The van der Waals surface area contributed by atoms with Gasteiger partial charge in [-0.15, -0.1) is 0 Å². The highest BCUT2D eigenvalue weighted by atomic mass is 16.2. The number of benzene rings is 1. The first-order chi connectivity index (χ1) is 9.66. The lowest BCUT2D eigenvalue weighted by molar-refractivity contribution is -0.132. The van der Waals surface area contributed by atoms with E-state index >= 15 is 0 Å². The van der Waals surface area contributed by atoms with E-state index in [-0.39, 0.29) is 0 Å². The second kappa shape index (κ2) is 4.24. The molecule has 1 aromatic carbocycles. The Bertz CT molecular complexity index is 540. The molecule has 3 aliphatic rings. The zero-order valence-electron chi connectivity index (χ0n) is 12.0. The van der Waals surface area contributed by atoms with Gasteiger partial charge in [0, 0.05) is 25.2 Å². The van der Waals surface area contributed by atoms with Crippen LogP contribution in [0.1, 0.15) is 24.8 Å². The molecular weight excluding hydrogens is 248 g/mol. The quantitative estimate of drug-likeness (QED) is 0.858. The van der Waals surface area contributed by atoms with E-state index in [0.717, 1.165) is 34.9 Å². The number of anilines is 1. The van der Waals surface area contributed by atoms with E-state index in [9.17, 15) is 4.79 Å². The van der Waals surface area contributed by atoms with Crippen molar-refractivity contribution in [3.63, 3.8) is 0 Å². The topological polar surface area (TPSA) is 46.3 Å². The first-order valence-corrected chi connectivity index (χ1v) is 7.75. The molecule has 3 fully saturated rings. The molecule has 2 bridgehead atoms. The van der Waals surface area contributed by atoms with Crippen molar-refractivity contribution in [2.75, 3.05) is 12.8 Å². The molecule has 0 spiro atoms. The van der Waals surface area contributed by atoms with Gasteiger partial charge in [-0.3, -0.25) is 4.79 Å². The van der Waals surface area contributed by atoms with Crippen molar-refractivity contribution in [1.29, 1.82) is 0 Å². The summed E-state index contributed by atoms with van der Waals surface area (Å²) in [6, 6.07) is 7.83. The molecule has 106 valence electrons. The molecule has 0 aliphatic heterocycles. The number of fused-ring (bicyclic) bond motifs is 5. The van der Waals surface area contributed by atoms with E-state index in [1.54, 1.807) is 0 Å². The number of para-hydroxylation sites is 1. The van der Waals surface area contributed by atoms with E-state index in [1.165, 1.54) is 19.3 Å². The smallest absolute Gasteiger partial charge is 0.226 e. The number of carbonyl (C=O) groups excluding carboxylic acids is 1. The third-order valence-electron chi connectivity index (χ3n) is 5.86. The van der Waals surface area contributed by atoms with E-state index in [1.807, 2.05) is 36.2 Å². The van der Waals surface area contributed by atoms with Gasteiger partial charge in [0.25, 0.3) is 0 Å². The van der Waals surface area contributed by atoms with Gasteiger partial charge < -0.3 is 10.6 Å². The SMILES string of the molecule is CN(Cc1ccccc1N)C(=O)C1C2C3CCC(C3)C12. The van der Waals surface area contributed by atoms with E-state index < -0.39 is 0 Å². The highest BCUT2D eigenvalue weighted by molar-refractivity contribution is 5.82. The number of nitrogens with zero attached hydrogens (tertiary/aromatic N) is 1. The van der Waals surface area contributed by atoms with Crippen LogP contribution in [0.4, 0.5) is 5.69 Å². The zero-order chi connectivity index (χ0) is 13.9. The fourth-order valence-corrected chi connectivity index (χ4v) is 4.92. The van der Waals surface area contributed by atoms with Crippen LogP contribution in [0.25, 0.3) is 0 Å². The minimum absolute atomic E-state index is 0.330. The highest BCUT2D eigenvalue weighted by Crippen LogP contribution is 2.69. The minimum Gasteiger partial charge on any atom is -0.398 e. The maximum Gasteiger partial charge on any atom is 0.226 e. The summed E-state index contributed by atoms with van der Waals surface area (Å²) in [4.78, 5) is 14.5. The van der Waals surface area contributed by atoms with E-state index in [2.05, 4.69) is 0 Å². The molecule has 0 saturated heterocycles. The Kier molecular flexibility index (Phi) is 2.60. The molecule has 4 rings (SSSR count). The molecule has 3 nitrogen and oxygen atoms in total. The van der Waals surface area contributed by atoms with Crippen LogP contribution in [0.3, 0.4) is 0 Å². The fourth-order valence-electron chi connectivity index (χ4n) is 4.92. The average Bonchev–Trinajstić information content (AvgIpc) is 2.87. The van der Waals surface area contributed by atoms with Gasteiger partial charge in [-0.1, -0.05) is 18.2 Å². The lowest BCUT2D eigenvalue weighted by atomic mass is 10.0.